The number of unbranched alkanes of at least 4 members (excludes halogenated alkanes) is 10. The lowest BCUT2D eigenvalue weighted by molar-refractivity contribution is 0.495. The van der Waals surface area contributed by atoms with Gasteiger partial charge >= 0.3 is 0 Å². The van der Waals surface area contributed by atoms with Gasteiger partial charge in [-0.3, -0.25) is 0 Å². The summed E-state index contributed by atoms with van der Waals surface area (Å²) < 4.78 is 0.560. The third kappa shape index (κ3) is 14.6. The minimum Gasteiger partial charge on any atom is -0.144 e. The molecule has 0 heterocycles. The van der Waals surface area contributed by atoms with Crippen molar-refractivity contribution in [2.45, 2.75) is 153 Å². The maximum atomic E-state index is 2.38. The summed E-state index contributed by atoms with van der Waals surface area (Å²) in [6.45, 7) is 4.64. The molecule has 0 radical (unpaired) electrons. The minimum atomic E-state index is 0.560. The first-order valence-corrected chi connectivity index (χ1v) is 15.1. The van der Waals surface area contributed by atoms with Crippen molar-refractivity contribution in [3.8, 4) is 0 Å². The molecule has 0 aliphatic heterocycles. The summed E-state index contributed by atoms with van der Waals surface area (Å²) in [7, 11) is 0. The predicted molar refractivity (Wildman–Crippen MR) is 136 cm³/mol. The van der Waals surface area contributed by atoms with Gasteiger partial charge in [-0.2, -0.15) is 0 Å². The highest BCUT2D eigenvalue weighted by molar-refractivity contribution is 8.18. The minimum absolute atomic E-state index is 0.560. The van der Waals surface area contributed by atoms with Gasteiger partial charge in [-0.25, -0.2) is 0 Å². The SMILES string of the molecule is CCCCCCCCSC1(SCCCCCCCC)CCCCCCCCC1. The van der Waals surface area contributed by atoms with E-state index in [1.54, 1.807) is 0 Å². The van der Waals surface area contributed by atoms with Gasteiger partial charge in [0.1, 0.15) is 0 Å². The Hall–Kier alpha value is 0.700. The van der Waals surface area contributed by atoms with Gasteiger partial charge in [0.25, 0.3) is 0 Å². The monoisotopic (exact) mass is 428 g/mol. The highest BCUT2D eigenvalue weighted by Crippen LogP contribution is 2.47. The van der Waals surface area contributed by atoms with Crippen LogP contribution in [0.4, 0.5) is 0 Å². The van der Waals surface area contributed by atoms with Crippen LogP contribution in [0.2, 0.25) is 0 Å². The van der Waals surface area contributed by atoms with Crippen molar-refractivity contribution in [1.82, 2.24) is 0 Å². The van der Waals surface area contributed by atoms with E-state index in [0.717, 1.165) is 0 Å². The zero-order valence-electron chi connectivity index (χ0n) is 19.6. The fourth-order valence-corrected chi connectivity index (χ4v) is 7.84. The number of thioether (sulfide) groups is 2. The molecule has 0 saturated heterocycles. The molecule has 1 rings (SSSR count). The lowest BCUT2D eigenvalue weighted by atomic mass is 10.0. The zero-order valence-corrected chi connectivity index (χ0v) is 21.2. The highest BCUT2D eigenvalue weighted by atomic mass is 32.2. The number of rotatable bonds is 16. The highest BCUT2D eigenvalue weighted by Gasteiger charge is 2.30. The van der Waals surface area contributed by atoms with Crippen molar-refractivity contribution in [2.24, 2.45) is 0 Å². The van der Waals surface area contributed by atoms with Crippen LogP contribution in [-0.2, 0) is 0 Å². The Kier molecular flexibility index (Phi) is 18.8. The average molecular weight is 429 g/mol. The lowest BCUT2D eigenvalue weighted by Crippen LogP contribution is -2.22. The molecule has 0 bridgehead atoms. The molecular formula is C26H52S2. The van der Waals surface area contributed by atoms with Gasteiger partial charge in [-0.15, -0.1) is 23.5 Å². The Morgan fingerprint density at radius 1 is 0.464 bits per heavy atom. The average Bonchev–Trinajstić information content (AvgIpc) is 2.71. The number of hydrogen-bond acceptors (Lipinski definition) is 2. The molecule has 2 heteroatoms. The topological polar surface area (TPSA) is 0 Å². The molecule has 1 fully saturated rings. The van der Waals surface area contributed by atoms with Gasteiger partial charge < -0.3 is 0 Å². The van der Waals surface area contributed by atoms with E-state index in [4.69, 9.17) is 0 Å². The van der Waals surface area contributed by atoms with E-state index >= 15 is 0 Å². The van der Waals surface area contributed by atoms with Gasteiger partial charge in [0.15, 0.2) is 0 Å². The smallest absolute Gasteiger partial charge is 0.0611 e. The van der Waals surface area contributed by atoms with E-state index in [2.05, 4.69) is 37.4 Å². The number of hydrogen-bond donors (Lipinski definition) is 0. The second-order valence-corrected chi connectivity index (χ2v) is 12.3. The van der Waals surface area contributed by atoms with Crippen LogP contribution < -0.4 is 0 Å². The molecule has 0 aromatic heterocycles. The Bertz CT molecular complexity index is 286. The molecular weight excluding hydrogens is 376 g/mol. The molecule has 0 spiro atoms. The molecule has 1 saturated carbocycles. The van der Waals surface area contributed by atoms with Crippen LogP contribution in [-0.4, -0.2) is 15.6 Å². The Morgan fingerprint density at radius 3 is 1.25 bits per heavy atom. The van der Waals surface area contributed by atoms with Crippen LogP contribution in [0.25, 0.3) is 0 Å². The van der Waals surface area contributed by atoms with Gasteiger partial charge in [0, 0.05) is 0 Å². The second-order valence-electron chi connectivity index (χ2n) is 9.12. The van der Waals surface area contributed by atoms with E-state index < -0.39 is 0 Å². The molecule has 0 aromatic carbocycles. The summed E-state index contributed by atoms with van der Waals surface area (Å²) in [5.41, 5.74) is 0. The normalized spacial score (nSPS) is 18.2. The molecule has 0 nitrogen and oxygen atoms in total. The van der Waals surface area contributed by atoms with Crippen molar-refractivity contribution in [3.05, 3.63) is 0 Å². The van der Waals surface area contributed by atoms with Crippen molar-refractivity contribution < 1.29 is 0 Å². The Morgan fingerprint density at radius 2 is 0.821 bits per heavy atom. The Labute approximate surface area is 187 Å². The van der Waals surface area contributed by atoms with Crippen LogP contribution in [0.3, 0.4) is 0 Å². The molecule has 1 aliphatic rings. The molecule has 168 valence electrons. The summed E-state index contributed by atoms with van der Waals surface area (Å²) in [6.07, 6.45) is 30.6. The van der Waals surface area contributed by atoms with Crippen LogP contribution in [0.15, 0.2) is 0 Å². The van der Waals surface area contributed by atoms with Crippen molar-refractivity contribution in [1.29, 1.82) is 0 Å². The van der Waals surface area contributed by atoms with E-state index in [1.165, 1.54) is 146 Å². The standard InChI is InChI=1S/C26H52S2/c1-3-5-7-9-16-20-24-27-26(28-25-21-17-10-8-6-4-2)22-18-14-12-11-13-15-19-23-26/h3-25H2,1-2H3. The molecule has 1 aliphatic carbocycles. The maximum absolute atomic E-state index is 2.38. The molecule has 0 aromatic rings. The largest absolute Gasteiger partial charge is 0.144 e. The van der Waals surface area contributed by atoms with E-state index in [0.29, 0.717) is 4.08 Å². The Balaban J connectivity index is 2.37. The van der Waals surface area contributed by atoms with Crippen LogP contribution in [0, 0.1) is 0 Å². The van der Waals surface area contributed by atoms with Gasteiger partial charge in [-0.1, -0.05) is 123 Å². The fourth-order valence-electron chi connectivity index (χ4n) is 4.41. The summed E-state index contributed by atoms with van der Waals surface area (Å²) in [5.74, 6) is 2.82. The van der Waals surface area contributed by atoms with E-state index in [1.807, 2.05) is 0 Å². The second kappa shape index (κ2) is 19.7. The summed E-state index contributed by atoms with van der Waals surface area (Å²) >= 11 is 4.76. The summed E-state index contributed by atoms with van der Waals surface area (Å²) in [4.78, 5) is 0. The van der Waals surface area contributed by atoms with E-state index in [-0.39, 0.29) is 0 Å². The van der Waals surface area contributed by atoms with Crippen molar-refractivity contribution in [3.63, 3.8) is 0 Å². The first-order valence-electron chi connectivity index (χ1n) is 13.1. The fraction of sp³-hybridized carbons (Fsp3) is 1.00. The van der Waals surface area contributed by atoms with Gasteiger partial charge in [-0.05, 0) is 37.2 Å². The molecule has 0 amide bonds. The van der Waals surface area contributed by atoms with Crippen LogP contribution in [0.1, 0.15) is 149 Å². The lowest BCUT2D eigenvalue weighted by Gasteiger charge is -2.34. The first kappa shape index (κ1) is 26.7. The molecule has 0 atom stereocenters. The third-order valence-electron chi connectivity index (χ3n) is 6.34. The van der Waals surface area contributed by atoms with Gasteiger partial charge in [0.2, 0.25) is 0 Å². The van der Waals surface area contributed by atoms with Crippen molar-refractivity contribution >= 4 is 23.5 Å². The molecule has 0 N–H and O–H groups in total. The van der Waals surface area contributed by atoms with Crippen LogP contribution in [0.5, 0.6) is 0 Å². The zero-order chi connectivity index (χ0) is 20.2. The summed E-state index contributed by atoms with van der Waals surface area (Å²) in [6, 6.07) is 0. The van der Waals surface area contributed by atoms with Crippen molar-refractivity contribution in [2.75, 3.05) is 11.5 Å². The van der Waals surface area contributed by atoms with Crippen LogP contribution >= 0.6 is 23.5 Å². The predicted octanol–water partition coefficient (Wildman–Crippen LogP) is 10.4. The maximum Gasteiger partial charge on any atom is 0.0611 e. The first-order chi connectivity index (χ1) is 13.8. The quantitative estimate of drug-likeness (QED) is 0.177. The third-order valence-corrected chi connectivity index (χ3v) is 9.90. The van der Waals surface area contributed by atoms with Gasteiger partial charge in [0.05, 0.1) is 4.08 Å². The molecule has 0 unspecified atom stereocenters. The van der Waals surface area contributed by atoms with E-state index in [9.17, 15) is 0 Å². The summed E-state index contributed by atoms with van der Waals surface area (Å²) in [5, 5.41) is 0. The molecule has 28 heavy (non-hydrogen) atoms.